The lowest BCUT2D eigenvalue weighted by Gasteiger charge is -2.32. The van der Waals surface area contributed by atoms with E-state index in [2.05, 4.69) is 41.3 Å². The maximum absolute atomic E-state index is 4.37. The molecule has 1 saturated carbocycles. The number of hydrogen-bond acceptors (Lipinski definition) is 3. The molecular weight excluding hydrogens is 234 g/mol. The summed E-state index contributed by atoms with van der Waals surface area (Å²) < 4.78 is 0. The highest BCUT2D eigenvalue weighted by molar-refractivity contribution is 5.54. The molecule has 104 valence electrons. The number of hydrogen-bond donors (Lipinski definition) is 1. The van der Waals surface area contributed by atoms with Crippen LogP contribution < -0.4 is 10.2 Å². The maximum atomic E-state index is 4.37. The van der Waals surface area contributed by atoms with Crippen molar-refractivity contribution in [3.63, 3.8) is 0 Å². The first-order chi connectivity index (χ1) is 9.29. The van der Waals surface area contributed by atoms with Gasteiger partial charge < -0.3 is 10.2 Å². The third-order valence-corrected chi connectivity index (χ3v) is 4.58. The molecule has 2 heterocycles. The number of pyridine rings is 1. The minimum Gasteiger partial charge on any atom is -0.364 e. The van der Waals surface area contributed by atoms with E-state index in [0.29, 0.717) is 12.1 Å². The Morgan fingerprint density at radius 1 is 1.32 bits per heavy atom. The topological polar surface area (TPSA) is 28.2 Å². The predicted octanol–water partition coefficient (Wildman–Crippen LogP) is 3.10. The second-order valence-corrected chi connectivity index (χ2v) is 6.06. The highest BCUT2D eigenvalue weighted by atomic mass is 15.2. The molecule has 2 unspecified atom stereocenters. The van der Waals surface area contributed by atoms with Crippen LogP contribution in [0.5, 0.6) is 0 Å². The smallest absolute Gasteiger partial charge is 0.0603 e. The molecule has 0 amide bonds. The Balaban J connectivity index is 1.81. The van der Waals surface area contributed by atoms with Crippen LogP contribution in [0.15, 0.2) is 18.5 Å². The van der Waals surface area contributed by atoms with Crippen LogP contribution in [0, 0.1) is 0 Å². The van der Waals surface area contributed by atoms with Crippen molar-refractivity contribution >= 4 is 5.69 Å². The van der Waals surface area contributed by atoms with E-state index in [-0.39, 0.29) is 0 Å². The molecule has 1 saturated heterocycles. The summed E-state index contributed by atoms with van der Waals surface area (Å²) in [6.45, 7) is 5.64. The first-order valence-electron chi connectivity index (χ1n) is 7.74. The lowest BCUT2D eigenvalue weighted by Crippen LogP contribution is -2.35. The molecule has 2 fully saturated rings. The van der Waals surface area contributed by atoms with Gasteiger partial charge in [0.15, 0.2) is 0 Å². The second-order valence-electron chi connectivity index (χ2n) is 6.06. The van der Waals surface area contributed by atoms with Crippen molar-refractivity contribution in [2.45, 2.75) is 70.6 Å². The van der Waals surface area contributed by atoms with Crippen LogP contribution in [0.3, 0.4) is 0 Å². The zero-order chi connectivity index (χ0) is 13.2. The van der Waals surface area contributed by atoms with E-state index in [9.17, 15) is 0 Å². The van der Waals surface area contributed by atoms with Gasteiger partial charge in [0.25, 0.3) is 0 Å². The van der Waals surface area contributed by atoms with E-state index in [1.165, 1.54) is 43.4 Å². The minimum atomic E-state index is 0.647. The van der Waals surface area contributed by atoms with Gasteiger partial charge in [0.05, 0.1) is 11.9 Å². The quantitative estimate of drug-likeness (QED) is 0.880. The fraction of sp³-hybridized carbons (Fsp3) is 0.688. The van der Waals surface area contributed by atoms with Crippen LogP contribution in [0.4, 0.5) is 5.69 Å². The maximum Gasteiger partial charge on any atom is 0.0603 e. The van der Waals surface area contributed by atoms with E-state index in [1.54, 1.807) is 0 Å². The Bertz CT molecular complexity index is 428. The summed E-state index contributed by atoms with van der Waals surface area (Å²) in [5, 5.41) is 3.63. The molecule has 1 aliphatic carbocycles. The molecule has 1 aromatic heterocycles. The molecule has 0 aromatic carbocycles. The molecule has 2 aliphatic rings. The van der Waals surface area contributed by atoms with Gasteiger partial charge >= 0.3 is 0 Å². The molecule has 1 aliphatic heterocycles. The van der Waals surface area contributed by atoms with E-state index < -0.39 is 0 Å². The Morgan fingerprint density at radius 2 is 2.16 bits per heavy atom. The monoisotopic (exact) mass is 259 g/mol. The van der Waals surface area contributed by atoms with Gasteiger partial charge in [0, 0.05) is 30.9 Å². The van der Waals surface area contributed by atoms with Crippen molar-refractivity contribution in [2.75, 3.05) is 4.90 Å². The van der Waals surface area contributed by atoms with Crippen molar-refractivity contribution in [1.82, 2.24) is 10.3 Å². The van der Waals surface area contributed by atoms with Gasteiger partial charge in [-0.25, -0.2) is 0 Å². The molecule has 0 radical (unpaired) electrons. The number of nitrogens with one attached hydrogen (secondary N) is 1. The average Bonchev–Trinajstić information content (AvgIpc) is 3.19. The fourth-order valence-corrected chi connectivity index (χ4v) is 3.25. The lowest BCUT2D eigenvalue weighted by molar-refractivity contribution is 0.618. The predicted molar refractivity (Wildman–Crippen MR) is 79.4 cm³/mol. The van der Waals surface area contributed by atoms with Crippen molar-refractivity contribution < 1.29 is 0 Å². The fourth-order valence-electron chi connectivity index (χ4n) is 3.25. The Labute approximate surface area is 116 Å². The van der Waals surface area contributed by atoms with Crippen molar-refractivity contribution in [2.24, 2.45) is 0 Å². The average molecular weight is 259 g/mol. The van der Waals surface area contributed by atoms with Gasteiger partial charge in [-0.3, -0.25) is 4.98 Å². The van der Waals surface area contributed by atoms with Crippen molar-refractivity contribution in [3.05, 3.63) is 24.0 Å². The summed E-state index contributed by atoms with van der Waals surface area (Å²) in [6, 6.07) is 4.29. The third kappa shape index (κ3) is 2.76. The summed E-state index contributed by atoms with van der Waals surface area (Å²) >= 11 is 0. The molecule has 3 heteroatoms. The minimum absolute atomic E-state index is 0.647. The SMILES string of the molecule is CCC1CCC(C)N1c1cnccc1CNC1CC1. The molecular formula is C16H25N3. The Kier molecular flexibility index (Phi) is 3.74. The summed E-state index contributed by atoms with van der Waals surface area (Å²) in [6.07, 6.45) is 10.5. The molecule has 2 atom stereocenters. The highest BCUT2D eigenvalue weighted by Crippen LogP contribution is 2.34. The molecule has 19 heavy (non-hydrogen) atoms. The van der Waals surface area contributed by atoms with Crippen LogP contribution >= 0.6 is 0 Å². The van der Waals surface area contributed by atoms with E-state index in [1.807, 2.05) is 6.20 Å². The van der Waals surface area contributed by atoms with E-state index in [4.69, 9.17) is 0 Å². The largest absolute Gasteiger partial charge is 0.364 e. The molecule has 1 aromatic rings. The van der Waals surface area contributed by atoms with Crippen LogP contribution in [0.25, 0.3) is 0 Å². The first-order valence-corrected chi connectivity index (χ1v) is 7.74. The zero-order valence-electron chi connectivity index (χ0n) is 12.1. The molecule has 3 nitrogen and oxygen atoms in total. The first kappa shape index (κ1) is 12.9. The van der Waals surface area contributed by atoms with Gasteiger partial charge in [0.1, 0.15) is 0 Å². The number of aromatic nitrogens is 1. The number of anilines is 1. The van der Waals surface area contributed by atoms with Crippen molar-refractivity contribution in [3.8, 4) is 0 Å². The van der Waals surface area contributed by atoms with E-state index >= 15 is 0 Å². The Hall–Kier alpha value is -1.09. The van der Waals surface area contributed by atoms with E-state index in [0.717, 1.165) is 12.6 Å². The highest BCUT2D eigenvalue weighted by Gasteiger charge is 2.31. The summed E-state index contributed by atoms with van der Waals surface area (Å²) in [5.41, 5.74) is 2.77. The molecule has 0 bridgehead atoms. The summed E-state index contributed by atoms with van der Waals surface area (Å²) in [4.78, 5) is 6.97. The summed E-state index contributed by atoms with van der Waals surface area (Å²) in [7, 11) is 0. The molecule has 0 spiro atoms. The second kappa shape index (κ2) is 5.49. The van der Waals surface area contributed by atoms with Gasteiger partial charge in [-0.1, -0.05) is 6.92 Å². The number of nitrogens with zero attached hydrogens (tertiary/aromatic N) is 2. The van der Waals surface area contributed by atoms with Crippen LogP contribution in [-0.2, 0) is 6.54 Å². The normalized spacial score (nSPS) is 26.9. The van der Waals surface area contributed by atoms with Crippen LogP contribution in [-0.4, -0.2) is 23.1 Å². The molecule has 1 N–H and O–H groups in total. The molecule has 3 rings (SSSR count). The summed E-state index contributed by atoms with van der Waals surface area (Å²) in [5.74, 6) is 0. The zero-order valence-corrected chi connectivity index (χ0v) is 12.1. The standard InChI is InChI=1S/C16H25N3/c1-3-15-7-4-12(2)19(15)16-11-17-9-8-13(16)10-18-14-5-6-14/h8-9,11-12,14-15,18H,3-7,10H2,1-2H3. The van der Waals surface area contributed by atoms with Gasteiger partial charge in [-0.15, -0.1) is 0 Å². The van der Waals surface area contributed by atoms with Gasteiger partial charge in [-0.2, -0.15) is 0 Å². The Morgan fingerprint density at radius 3 is 2.89 bits per heavy atom. The third-order valence-electron chi connectivity index (χ3n) is 4.58. The van der Waals surface area contributed by atoms with Crippen LogP contribution in [0.1, 0.15) is 51.5 Å². The van der Waals surface area contributed by atoms with Gasteiger partial charge in [0.2, 0.25) is 0 Å². The van der Waals surface area contributed by atoms with Gasteiger partial charge in [-0.05, 0) is 50.7 Å². The van der Waals surface area contributed by atoms with Crippen molar-refractivity contribution in [1.29, 1.82) is 0 Å². The van der Waals surface area contributed by atoms with Crippen LogP contribution in [0.2, 0.25) is 0 Å². The number of rotatable bonds is 5. The lowest BCUT2D eigenvalue weighted by atomic mass is 10.1.